The summed E-state index contributed by atoms with van der Waals surface area (Å²) in [7, 11) is 0. The molecule has 5 nitrogen and oxygen atoms in total. The number of hydrogen-bond acceptors (Lipinski definition) is 4. The molecule has 2 aromatic rings. The standard InChI is InChI=1S/C9H10N4O/c10-6-7-8(2-1-3-9(7)14)13-11-4-5-12-13/h1-5,14H,6,10H2. The number of nitrogens with two attached hydrogens (primary N) is 1. The zero-order valence-electron chi connectivity index (χ0n) is 7.46. The minimum Gasteiger partial charge on any atom is -0.508 e. The van der Waals surface area contributed by atoms with E-state index in [9.17, 15) is 5.11 Å². The highest BCUT2D eigenvalue weighted by atomic mass is 16.3. The van der Waals surface area contributed by atoms with E-state index in [1.807, 2.05) is 6.07 Å². The number of aromatic hydroxyl groups is 1. The normalized spacial score (nSPS) is 10.4. The van der Waals surface area contributed by atoms with Gasteiger partial charge >= 0.3 is 0 Å². The molecule has 0 aliphatic heterocycles. The zero-order valence-corrected chi connectivity index (χ0v) is 7.46. The van der Waals surface area contributed by atoms with Crippen molar-refractivity contribution in [2.75, 3.05) is 0 Å². The third kappa shape index (κ3) is 1.33. The molecule has 0 amide bonds. The number of nitrogens with zero attached hydrogens (tertiary/aromatic N) is 3. The molecule has 14 heavy (non-hydrogen) atoms. The van der Waals surface area contributed by atoms with Gasteiger partial charge in [-0.1, -0.05) is 6.07 Å². The van der Waals surface area contributed by atoms with Crippen LogP contribution in [-0.4, -0.2) is 20.1 Å². The van der Waals surface area contributed by atoms with Crippen molar-refractivity contribution in [2.24, 2.45) is 5.73 Å². The molecule has 1 heterocycles. The second-order valence-corrected chi connectivity index (χ2v) is 2.80. The number of rotatable bonds is 2. The minimum absolute atomic E-state index is 0.169. The van der Waals surface area contributed by atoms with Gasteiger partial charge in [-0.25, -0.2) is 0 Å². The van der Waals surface area contributed by atoms with E-state index in [1.165, 1.54) is 4.80 Å². The van der Waals surface area contributed by atoms with Gasteiger partial charge < -0.3 is 10.8 Å². The van der Waals surface area contributed by atoms with Gasteiger partial charge in [-0.15, -0.1) is 0 Å². The molecule has 1 aromatic carbocycles. The molecule has 0 radical (unpaired) electrons. The molecule has 3 N–H and O–H groups in total. The highest BCUT2D eigenvalue weighted by Gasteiger charge is 2.08. The van der Waals surface area contributed by atoms with E-state index in [4.69, 9.17) is 5.73 Å². The summed E-state index contributed by atoms with van der Waals surface area (Å²) in [4.78, 5) is 1.43. The Balaban J connectivity index is 2.58. The molecule has 0 atom stereocenters. The van der Waals surface area contributed by atoms with Gasteiger partial charge in [-0.05, 0) is 12.1 Å². The first kappa shape index (κ1) is 8.71. The summed E-state index contributed by atoms with van der Waals surface area (Å²) in [5, 5.41) is 17.5. The van der Waals surface area contributed by atoms with Crippen molar-refractivity contribution < 1.29 is 5.11 Å². The van der Waals surface area contributed by atoms with E-state index >= 15 is 0 Å². The maximum atomic E-state index is 9.54. The van der Waals surface area contributed by atoms with Crippen LogP contribution < -0.4 is 5.73 Å². The SMILES string of the molecule is NCc1c(O)cccc1-n1nccn1. The zero-order chi connectivity index (χ0) is 9.97. The lowest BCUT2D eigenvalue weighted by atomic mass is 10.1. The van der Waals surface area contributed by atoms with Crippen LogP contribution in [0, 0.1) is 0 Å². The number of benzene rings is 1. The van der Waals surface area contributed by atoms with Gasteiger partial charge in [-0.3, -0.25) is 0 Å². The van der Waals surface area contributed by atoms with Crippen LogP contribution in [-0.2, 0) is 6.54 Å². The number of phenols is 1. The Bertz CT molecular complexity index is 424. The average molecular weight is 190 g/mol. The molecule has 0 bridgehead atoms. The fourth-order valence-electron chi connectivity index (χ4n) is 1.30. The van der Waals surface area contributed by atoms with Crippen molar-refractivity contribution in [1.82, 2.24) is 15.0 Å². The highest BCUT2D eigenvalue weighted by molar-refractivity contribution is 5.47. The van der Waals surface area contributed by atoms with Crippen molar-refractivity contribution in [3.63, 3.8) is 0 Å². The number of hydrogen-bond donors (Lipinski definition) is 2. The summed E-state index contributed by atoms with van der Waals surface area (Å²) in [5.41, 5.74) is 6.88. The van der Waals surface area contributed by atoms with E-state index in [0.29, 0.717) is 11.3 Å². The maximum Gasteiger partial charge on any atom is 0.122 e. The molecule has 2 rings (SSSR count). The Kier molecular flexibility index (Phi) is 2.16. The van der Waals surface area contributed by atoms with E-state index in [1.54, 1.807) is 24.5 Å². The average Bonchev–Trinajstić information content (AvgIpc) is 2.70. The Morgan fingerprint density at radius 3 is 2.64 bits per heavy atom. The molecule has 0 saturated heterocycles. The number of phenolic OH excluding ortho intramolecular Hbond substituents is 1. The van der Waals surface area contributed by atoms with Gasteiger partial charge in [-0.2, -0.15) is 15.0 Å². The molecular formula is C9H10N4O. The maximum absolute atomic E-state index is 9.54. The minimum atomic E-state index is 0.169. The summed E-state index contributed by atoms with van der Waals surface area (Å²) in [6.45, 7) is 0.254. The van der Waals surface area contributed by atoms with Crippen molar-refractivity contribution >= 4 is 0 Å². The molecule has 5 heteroatoms. The van der Waals surface area contributed by atoms with E-state index in [2.05, 4.69) is 10.2 Å². The van der Waals surface area contributed by atoms with E-state index < -0.39 is 0 Å². The van der Waals surface area contributed by atoms with Crippen LogP contribution in [0.1, 0.15) is 5.56 Å². The first-order valence-electron chi connectivity index (χ1n) is 4.20. The third-order valence-electron chi connectivity index (χ3n) is 1.96. The first-order chi connectivity index (χ1) is 6.83. The molecule has 1 aromatic heterocycles. The van der Waals surface area contributed by atoms with Crippen LogP contribution in [0.25, 0.3) is 5.69 Å². The van der Waals surface area contributed by atoms with Crippen molar-refractivity contribution in [3.8, 4) is 11.4 Å². The molecular weight excluding hydrogens is 180 g/mol. The Morgan fingerprint density at radius 1 is 1.29 bits per heavy atom. The predicted octanol–water partition coefficient (Wildman–Crippen LogP) is 0.432. The molecule has 0 aliphatic carbocycles. The van der Waals surface area contributed by atoms with E-state index in [-0.39, 0.29) is 12.3 Å². The van der Waals surface area contributed by atoms with Gasteiger partial charge in [0.1, 0.15) is 5.75 Å². The van der Waals surface area contributed by atoms with Gasteiger partial charge in [0.15, 0.2) is 0 Å². The lowest BCUT2D eigenvalue weighted by molar-refractivity contribution is 0.467. The summed E-state index contributed by atoms with van der Waals surface area (Å²) in [6, 6.07) is 5.13. The van der Waals surface area contributed by atoms with E-state index in [0.717, 1.165) is 0 Å². The van der Waals surface area contributed by atoms with Crippen LogP contribution in [0.4, 0.5) is 0 Å². The van der Waals surface area contributed by atoms with Crippen LogP contribution in [0.2, 0.25) is 0 Å². The van der Waals surface area contributed by atoms with Gasteiger partial charge in [0.25, 0.3) is 0 Å². The van der Waals surface area contributed by atoms with Gasteiger partial charge in [0.2, 0.25) is 0 Å². The topological polar surface area (TPSA) is 77.0 Å². The van der Waals surface area contributed by atoms with Crippen LogP contribution >= 0.6 is 0 Å². The Morgan fingerprint density at radius 2 is 2.00 bits per heavy atom. The lowest BCUT2D eigenvalue weighted by Gasteiger charge is -2.07. The Hall–Kier alpha value is -1.88. The second-order valence-electron chi connectivity index (χ2n) is 2.80. The smallest absolute Gasteiger partial charge is 0.122 e. The quantitative estimate of drug-likeness (QED) is 0.720. The lowest BCUT2D eigenvalue weighted by Crippen LogP contribution is -2.06. The summed E-state index contributed by atoms with van der Waals surface area (Å²) in [6.07, 6.45) is 3.15. The molecule has 0 saturated carbocycles. The van der Waals surface area contributed by atoms with Crippen molar-refractivity contribution in [3.05, 3.63) is 36.2 Å². The van der Waals surface area contributed by atoms with Crippen molar-refractivity contribution in [2.45, 2.75) is 6.54 Å². The fourth-order valence-corrected chi connectivity index (χ4v) is 1.30. The molecule has 72 valence electrons. The molecule has 0 aliphatic rings. The largest absolute Gasteiger partial charge is 0.508 e. The van der Waals surface area contributed by atoms with Gasteiger partial charge in [0, 0.05) is 12.1 Å². The summed E-state index contributed by atoms with van der Waals surface area (Å²) >= 11 is 0. The fraction of sp³-hybridized carbons (Fsp3) is 0.111. The molecule has 0 fully saturated rings. The summed E-state index contributed by atoms with van der Waals surface area (Å²) < 4.78 is 0. The van der Waals surface area contributed by atoms with Crippen molar-refractivity contribution in [1.29, 1.82) is 0 Å². The monoisotopic (exact) mass is 190 g/mol. The first-order valence-corrected chi connectivity index (χ1v) is 4.20. The predicted molar refractivity (Wildman–Crippen MR) is 50.9 cm³/mol. The summed E-state index contributed by atoms with van der Waals surface area (Å²) in [5.74, 6) is 0.169. The highest BCUT2D eigenvalue weighted by Crippen LogP contribution is 2.22. The van der Waals surface area contributed by atoms with Gasteiger partial charge in [0.05, 0.1) is 18.1 Å². The number of aromatic nitrogens is 3. The molecule has 0 spiro atoms. The Labute approximate surface area is 80.8 Å². The van der Waals surface area contributed by atoms with Crippen LogP contribution in [0.5, 0.6) is 5.75 Å². The van der Waals surface area contributed by atoms with Crippen LogP contribution in [0.3, 0.4) is 0 Å². The third-order valence-corrected chi connectivity index (χ3v) is 1.96. The second kappa shape index (κ2) is 3.47. The molecule has 0 unspecified atom stereocenters. The van der Waals surface area contributed by atoms with Crippen LogP contribution in [0.15, 0.2) is 30.6 Å².